The van der Waals surface area contributed by atoms with Crippen LogP contribution in [0.2, 0.25) is 0 Å². The van der Waals surface area contributed by atoms with Crippen LogP contribution in [0.1, 0.15) is 18.1 Å². The zero-order valence-corrected chi connectivity index (χ0v) is 14.7. The van der Waals surface area contributed by atoms with E-state index >= 15 is 0 Å². The van der Waals surface area contributed by atoms with E-state index in [1.807, 2.05) is 31.2 Å². The lowest BCUT2D eigenvalue weighted by molar-refractivity contribution is 0.303. The lowest BCUT2D eigenvalue weighted by Gasteiger charge is -2.11. The highest BCUT2D eigenvalue weighted by Crippen LogP contribution is 2.27. The SMILES string of the molecule is CC(N)Cc1ccc(OCc2cc(F)cc(Br)c2)c(Br)c1. The molecular weight excluding hydrogens is 401 g/mol. The average molecular weight is 417 g/mol. The van der Waals surface area contributed by atoms with Gasteiger partial charge in [-0.3, -0.25) is 0 Å². The Morgan fingerprint density at radius 1 is 1.14 bits per heavy atom. The Morgan fingerprint density at radius 2 is 1.90 bits per heavy atom. The van der Waals surface area contributed by atoms with Crippen molar-refractivity contribution in [3.05, 3.63) is 62.3 Å². The summed E-state index contributed by atoms with van der Waals surface area (Å²) in [4.78, 5) is 0. The van der Waals surface area contributed by atoms with Crippen LogP contribution < -0.4 is 10.5 Å². The van der Waals surface area contributed by atoms with E-state index in [1.54, 1.807) is 0 Å². The minimum Gasteiger partial charge on any atom is -0.488 e. The highest BCUT2D eigenvalue weighted by atomic mass is 79.9. The fraction of sp³-hybridized carbons (Fsp3) is 0.250. The van der Waals surface area contributed by atoms with E-state index in [9.17, 15) is 4.39 Å². The van der Waals surface area contributed by atoms with E-state index in [-0.39, 0.29) is 11.9 Å². The Balaban J connectivity index is 2.06. The maximum absolute atomic E-state index is 13.3. The number of ether oxygens (including phenoxy) is 1. The topological polar surface area (TPSA) is 35.2 Å². The molecule has 2 aromatic carbocycles. The first-order valence-corrected chi connectivity index (χ1v) is 8.14. The van der Waals surface area contributed by atoms with Crippen molar-refractivity contribution in [1.82, 2.24) is 0 Å². The van der Waals surface area contributed by atoms with E-state index < -0.39 is 0 Å². The van der Waals surface area contributed by atoms with E-state index in [0.717, 1.165) is 27.8 Å². The number of benzene rings is 2. The van der Waals surface area contributed by atoms with E-state index in [0.29, 0.717) is 11.1 Å². The van der Waals surface area contributed by atoms with Crippen LogP contribution >= 0.6 is 31.9 Å². The van der Waals surface area contributed by atoms with E-state index in [1.165, 1.54) is 12.1 Å². The van der Waals surface area contributed by atoms with Crippen molar-refractivity contribution >= 4 is 31.9 Å². The van der Waals surface area contributed by atoms with Gasteiger partial charge in [0.15, 0.2) is 0 Å². The second kappa shape index (κ2) is 7.38. The van der Waals surface area contributed by atoms with Gasteiger partial charge in [0.25, 0.3) is 0 Å². The summed E-state index contributed by atoms with van der Waals surface area (Å²) >= 11 is 6.76. The van der Waals surface area contributed by atoms with Gasteiger partial charge < -0.3 is 10.5 Å². The van der Waals surface area contributed by atoms with Crippen LogP contribution in [0.3, 0.4) is 0 Å². The summed E-state index contributed by atoms with van der Waals surface area (Å²) in [6, 6.07) is 10.7. The highest BCUT2D eigenvalue weighted by Gasteiger charge is 2.06. The highest BCUT2D eigenvalue weighted by molar-refractivity contribution is 9.10. The number of rotatable bonds is 5. The van der Waals surface area contributed by atoms with Gasteiger partial charge in [-0.15, -0.1) is 0 Å². The van der Waals surface area contributed by atoms with Crippen LogP contribution in [0.15, 0.2) is 45.3 Å². The van der Waals surface area contributed by atoms with Crippen molar-refractivity contribution in [3.8, 4) is 5.75 Å². The number of hydrogen-bond donors (Lipinski definition) is 1. The molecule has 112 valence electrons. The van der Waals surface area contributed by atoms with E-state index in [4.69, 9.17) is 10.5 Å². The summed E-state index contributed by atoms with van der Waals surface area (Å²) in [7, 11) is 0. The molecule has 0 aliphatic heterocycles. The summed E-state index contributed by atoms with van der Waals surface area (Å²) in [6.45, 7) is 2.28. The second-order valence-electron chi connectivity index (χ2n) is 5.01. The van der Waals surface area contributed by atoms with Crippen LogP contribution in [-0.4, -0.2) is 6.04 Å². The normalized spacial score (nSPS) is 12.2. The molecule has 21 heavy (non-hydrogen) atoms. The van der Waals surface area contributed by atoms with Crippen LogP contribution in [0.4, 0.5) is 4.39 Å². The Hall–Kier alpha value is -0.910. The molecule has 1 atom stereocenters. The fourth-order valence-electron chi connectivity index (χ4n) is 2.02. The molecule has 0 bridgehead atoms. The Kier molecular flexibility index (Phi) is 5.79. The standard InChI is InChI=1S/C16H16Br2FNO/c1-10(20)4-11-2-3-16(15(18)7-11)21-9-12-5-13(17)8-14(19)6-12/h2-3,5-8,10H,4,9,20H2,1H3. The molecule has 1 unspecified atom stereocenters. The quantitative estimate of drug-likeness (QED) is 0.758. The molecule has 0 saturated carbocycles. The van der Waals surface area contributed by atoms with Crippen LogP contribution in [0.5, 0.6) is 5.75 Å². The molecule has 2 aromatic rings. The van der Waals surface area contributed by atoms with Crippen molar-refractivity contribution < 1.29 is 9.13 Å². The molecule has 2 N–H and O–H groups in total. The van der Waals surface area contributed by atoms with Gasteiger partial charge in [-0.05, 0) is 70.7 Å². The summed E-state index contributed by atoms with van der Waals surface area (Å²) < 4.78 is 20.6. The number of halogens is 3. The summed E-state index contributed by atoms with van der Waals surface area (Å²) in [5, 5.41) is 0. The summed E-state index contributed by atoms with van der Waals surface area (Å²) in [6.07, 6.45) is 0.815. The van der Waals surface area contributed by atoms with Gasteiger partial charge in [-0.1, -0.05) is 22.0 Å². The molecule has 2 nitrogen and oxygen atoms in total. The van der Waals surface area contributed by atoms with Gasteiger partial charge in [0, 0.05) is 10.5 Å². The monoisotopic (exact) mass is 415 g/mol. The predicted molar refractivity (Wildman–Crippen MR) is 89.9 cm³/mol. The van der Waals surface area contributed by atoms with Gasteiger partial charge in [0.2, 0.25) is 0 Å². The molecule has 0 heterocycles. The first-order valence-electron chi connectivity index (χ1n) is 6.56. The van der Waals surface area contributed by atoms with Gasteiger partial charge in [-0.25, -0.2) is 4.39 Å². The number of hydrogen-bond acceptors (Lipinski definition) is 2. The predicted octanol–water partition coefficient (Wildman–Crippen LogP) is 4.82. The van der Waals surface area contributed by atoms with Crippen molar-refractivity contribution in [3.63, 3.8) is 0 Å². The van der Waals surface area contributed by atoms with Crippen molar-refractivity contribution in [2.75, 3.05) is 0 Å². The first-order chi connectivity index (χ1) is 9.94. The summed E-state index contributed by atoms with van der Waals surface area (Å²) in [5.74, 6) is 0.443. The van der Waals surface area contributed by atoms with Crippen molar-refractivity contribution in [1.29, 1.82) is 0 Å². The zero-order valence-electron chi connectivity index (χ0n) is 11.6. The summed E-state index contributed by atoms with van der Waals surface area (Å²) in [5.41, 5.74) is 7.71. The molecule has 0 fully saturated rings. The average Bonchev–Trinajstić information content (AvgIpc) is 2.36. The van der Waals surface area contributed by atoms with Gasteiger partial charge in [0.1, 0.15) is 18.2 Å². The third-order valence-electron chi connectivity index (χ3n) is 2.87. The fourth-order valence-corrected chi connectivity index (χ4v) is 3.07. The molecule has 2 rings (SSSR count). The molecule has 0 spiro atoms. The molecule has 0 aliphatic rings. The molecule has 5 heteroatoms. The van der Waals surface area contributed by atoms with Crippen LogP contribution in [-0.2, 0) is 13.0 Å². The maximum Gasteiger partial charge on any atom is 0.134 e. The third kappa shape index (κ3) is 5.09. The van der Waals surface area contributed by atoms with Crippen molar-refractivity contribution in [2.24, 2.45) is 5.73 Å². The molecule has 0 saturated heterocycles. The minimum atomic E-state index is -0.283. The first kappa shape index (κ1) is 16.5. The van der Waals surface area contributed by atoms with Gasteiger partial charge in [0.05, 0.1) is 4.47 Å². The molecule has 0 aliphatic carbocycles. The maximum atomic E-state index is 13.3. The number of nitrogens with two attached hydrogens (primary N) is 1. The molecule has 0 aromatic heterocycles. The largest absolute Gasteiger partial charge is 0.488 e. The smallest absolute Gasteiger partial charge is 0.134 e. The van der Waals surface area contributed by atoms with Crippen LogP contribution in [0, 0.1) is 5.82 Å². The zero-order chi connectivity index (χ0) is 15.4. The molecule has 0 amide bonds. The minimum absolute atomic E-state index is 0.119. The Bertz CT molecular complexity index is 611. The third-order valence-corrected chi connectivity index (χ3v) is 3.95. The van der Waals surface area contributed by atoms with E-state index in [2.05, 4.69) is 31.9 Å². The molecular formula is C16H16Br2FNO. The Labute approximate surface area is 140 Å². The lowest BCUT2D eigenvalue weighted by atomic mass is 10.1. The second-order valence-corrected chi connectivity index (χ2v) is 6.78. The van der Waals surface area contributed by atoms with Gasteiger partial charge >= 0.3 is 0 Å². The van der Waals surface area contributed by atoms with Crippen LogP contribution in [0.25, 0.3) is 0 Å². The lowest BCUT2D eigenvalue weighted by Crippen LogP contribution is -2.17. The Morgan fingerprint density at radius 3 is 2.52 bits per heavy atom. The van der Waals surface area contributed by atoms with Gasteiger partial charge in [-0.2, -0.15) is 0 Å². The van der Waals surface area contributed by atoms with Crippen molar-refractivity contribution in [2.45, 2.75) is 26.0 Å². The molecule has 0 radical (unpaired) electrons.